The maximum Gasteiger partial charge on any atom is 0.303 e. The van der Waals surface area contributed by atoms with Gasteiger partial charge >= 0.3 is 5.97 Å². The van der Waals surface area contributed by atoms with E-state index in [1.807, 2.05) is 17.0 Å². The molecule has 1 aromatic rings. The standard InChI is InChI=1S/C21H31N3O3S/c1-2-13-28-20-17(21(27)23-10-4-3-5-11-23)8-9-18(22-20)24-12-6-7-16(15-24)14-19(25)26/h8-9,16H,2-7,10-15H2,1H3,(H,25,26)/t16-/m0/s1. The third kappa shape index (κ3) is 5.40. The number of amides is 1. The molecule has 6 nitrogen and oxygen atoms in total. The summed E-state index contributed by atoms with van der Waals surface area (Å²) in [6.45, 7) is 5.41. The Labute approximate surface area is 171 Å². The van der Waals surface area contributed by atoms with Gasteiger partial charge in [-0.2, -0.15) is 0 Å². The summed E-state index contributed by atoms with van der Waals surface area (Å²) in [6, 6.07) is 3.87. The first-order valence-electron chi connectivity index (χ1n) is 10.5. The second-order valence-corrected chi connectivity index (χ2v) is 8.86. The number of nitrogens with zero attached hydrogens (tertiary/aromatic N) is 3. The Balaban J connectivity index is 1.79. The second-order valence-electron chi connectivity index (χ2n) is 7.78. The Kier molecular flexibility index (Phi) is 7.59. The monoisotopic (exact) mass is 405 g/mol. The zero-order valence-corrected chi connectivity index (χ0v) is 17.5. The lowest BCUT2D eigenvalue weighted by Gasteiger charge is -2.33. The highest BCUT2D eigenvalue weighted by molar-refractivity contribution is 7.99. The SMILES string of the molecule is CCCSc1nc(N2CCC[C@@H](CC(=O)O)C2)ccc1C(=O)N1CCCCC1. The fraction of sp³-hybridized carbons (Fsp3) is 0.667. The minimum absolute atomic E-state index is 0.0970. The van der Waals surface area contributed by atoms with Crippen molar-refractivity contribution in [3.05, 3.63) is 17.7 Å². The first kappa shape index (κ1) is 21.0. The summed E-state index contributed by atoms with van der Waals surface area (Å²) in [4.78, 5) is 33.1. The van der Waals surface area contributed by atoms with Gasteiger partial charge in [-0.3, -0.25) is 9.59 Å². The number of likely N-dealkylation sites (tertiary alicyclic amines) is 1. The molecule has 154 valence electrons. The van der Waals surface area contributed by atoms with Gasteiger partial charge in [-0.05, 0) is 62.3 Å². The predicted molar refractivity (Wildman–Crippen MR) is 112 cm³/mol. The van der Waals surface area contributed by atoms with Gasteiger partial charge in [0.15, 0.2) is 0 Å². The van der Waals surface area contributed by atoms with Crippen LogP contribution in [0.1, 0.15) is 62.2 Å². The van der Waals surface area contributed by atoms with Crippen LogP contribution < -0.4 is 4.90 Å². The molecule has 1 aromatic heterocycles. The number of hydrogen-bond acceptors (Lipinski definition) is 5. The summed E-state index contributed by atoms with van der Waals surface area (Å²) in [5.41, 5.74) is 0.711. The normalized spacial score (nSPS) is 20.2. The summed E-state index contributed by atoms with van der Waals surface area (Å²) in [6.07, 6.45) is 6.51. The number of hydrogen-bond donors (Lipinski definition) is 1. The molecular formula is C21H31N3O3S. The van der Waals surface area contributed by atoms with Crippen molar-refractivity contribution in [2.75, 3.05) is 36.8 Å². The van der Waals surface area contributed by atoms with Crippen molar-refractivity contribution in [3.8, 4) is 0 Å². The summed E-state index contributed by atoms with van der Waals surface area (Å²) >= 11 is 1.65. The Morgan fingerprint density at radius 1 is 1.18 bits per heavy atom. The van der Waals surface area contributed by atoms with E-state index in [9.17, 15) is 9.59 Å². The zero-order chi connectivity index (χ0) is 19.9. The minimum atomic E-state index is -0.735. The largest absolute Gasteiger partial charge is 0.481 e. The van der Waals surface area contributed by atoms with Crippen LogP contribution in [0.2, 0.25) is 0 Å². The Hall–Kier alpha value is -1.76. The lowest BCUT2D eigenvalue weighted by Crippen LogP contribution is -2.37. The molecule has 3 heterocycles. The fourth-order valence-corrected chi connectivity index (χ4v) is 4.90. The molecule has 2 saturated heterocycles. The van der Waals surface area contributed by atoms with Gasteiger partial charge in [0.05, 0.1) is 5.56 Å². The molecule has 0 aliphatic carbocycles. The summed E-state index contributed by atoms with van der Waals surface area (Å²) < 4.78 is 0. The second kappa shape index (κ2) is 10.1. The zero-order valence-electron chi connectivity index (χ0n) is 16.7. The van der Waals surface area contributed by atoms with Crippen LogP contribution in [0.4, 0.5) is 5.82 Å². The number of rotatable bonds is 7. The lowest BCUT2D eigenvalue weighted by molar-refractivity contribution is -0.138. The topological polar surface area (TPSA) is 73.7 Å². The average molecular weight is 406 g/mol. The van der Waals surface area contributed by atoms with Gasteiger partial charge in [0.25, 0.3) is 5.91 Å². The summed E-state index contributed by atoms with van der Waals surface area (Å²) in [5.74, 6) is 1.32. The van der Waals surface area contributed by atoms with Crippen molar-refractivity contribution in [1.82, 2.24) is 9.88 Å². The van der Waals surface area contributed by atoms with Crippen molar-refractivity contribution in [1.29, 1.82) is 0 Å². The third-order valence-corrected chi connectivity index (χ3v) is 6.67. The predicted octanol–water partition coefficient (Wildman–Crippen LogP) is 3.90. The van der Waals surface area contributed by atoms with Crippen LogP contribution in [0.5, 0.6) is 0 Å². The van der Waals surface area contributed by atoms with E-state index in [2.05, 4.69) is 11.8 Å². The van der Waals surface area contributed by atoms with Gasteiger partial charge in [-0.1, -0.05) is 6.92 Å². The van der Waals surface area contributed by atoms with E-state index < -0.39 is 5.97 Å². The van der Waals surface area contributed by atoms with Crippen LogP contribution >= 0.6 is 11.8 Å². The van der Waals surface area contributed by atoms with E-state index >= 15 is 0 Å². The fourth-order valence-electron chi connectivity index (χ4n) is 4.03. The Morgan fingerprint density at radius 2 is 1.96 bits per heavy atom. The molecule has 1 N–H and O–H groups in total. The highest BCUT2D eigenvalue weighted by atomic mass is 32.2. The van der Waals surface area contributed by atoms with Crippen LogP contribution in [0.25, 0.3) is 0 Å². The lowest BCUT2D eigenvalue weighted by atomic mass is 9.95. The van der Waals surface area contributed by atoms with Gasteiger partial charge in [0, 0.05) is 32.6 Å². The van der Waals surface area contributed by atoms with Crippen molar-refractivity contribution in [3.63, 3.8) is 0 Å². The Bertz CT molecular complexity index is 691. The molecular weight excluding hydrogens is 374 g/mol. The van der Waals surface area contributed by atoms with E-state index in [1.54, 1.807) is 11.8 Å². The number of thioether (sulfide) groups is 1. The van der Waals surface area contributed by atoms with Crippen molar-refractivity contribution >= 4 is 29.5 Å². The Morgan fingerprint density at radius 3 is 2.68 bits per heavy atom. The van der Waals surface area contributed by atoms with Crippen molar-refractivity contribution < 1.29 is 14.7 Å². The number of aliphatic carboxylic acids is 1. The maximum atomic E-state index is 13.0. The van der Waals surface area contributed by atoms with Crippen LogP contribution in [-0.4, -0.2) is 58.8 Å². The van der Waals surface area contributed by atoms with Crippen LogP contribution in [-0.2, 0) is 4.79 Å². The summed E-state index contributed by atoms with van der Waals surface area (Å²) in [7, 11) is 0. The summed E-state index contributed by atoms with van der Waals surface area (Å²) in [5, 5.41) is 9.92. The molecule has 2 aliphatic rings. The van der Waals surface area contributed by atoms with Gasteiger partial charge < -0.3 is 14.9 Å². The number of pyridine rings is 1. The molecule has 0 radical (unpaired) electrons. The van der Waals surface area contributed by atoms with E-state index in [4.69, 9.17) is 10.1 Å². The van der Waals surface area contributed by atoms with Gasteiger partial charge in [-0.15, -0.1) is 11.8 Å². The van der Waals surface area contributed by atoms with E-state index in [0.717, 1.165) is 74.9 Å². The van der Waals surface area contributed by atoms with Crippen LogP contribution in [0.3, 0.4) is 0 Å². The number of carboxylic acid groups (broad SMARTS) is 1. The molecule has 7 heteroatoms. The molecule has 0 spiro atoms. The molecule has 3 rings (SSSR count). The number of carbonyl (C=O) groups excluding carboxylic acids is 1. The number of aromatic nitrogens is 1. The molecule has 1 amide bonds. The van der Waals surface area contributed by atoms with Crippen molar-refractivity contribution in [2.24, 2.45) is 5.92 Å². The first-order valence-corrected chi connectivity index (χ1v) is 11.5. The molecule has 2 aliphatic heterocycles. The van der Waals surface area contributed by atoms with Crippen LogP contribution in [0.15, 0.2) is 17.2 Å². The molecule has 0 aromatic carbocycles. The number of carbonyl (C=O) groups is 2. The molecule has 2 fully saturated rings. The van der Waals surface area contributed by atoms with E-state index in [0.29, 0.717) is 5.56 Å². The first-order chi connectivity index (χ1) is 13.6. The number of carboxylic acids is 1. The van der Waals surface area contributed by atoms with Gasteiger partial charge in [-0.25, -0.2) is 4.98 Å². The average Bonchev–Trinajstić information content (AvgIpc) is 2.72. The molecule has 0 unspecified atom stereocenters. The number of anilines is 1. The molecule has 0 bridgehead atoms. The van der Waals surface area contributed by atoms with E-state index in [1.165, 1.54) is 6.42 Å². The highest BCUT2D eigenvalue weighted by Crippen LogP contribution is 2.29. The highest BCUT2D eigenvalue weighted by Gasteiger charge is 2.26. The molecule has 1 atom stereocenters. The number of piperidine rings is 2. The molecule has 28 heavy (non-hydrogen) atoms. The third-order valence-electron chi connectivity index (χ3n) is 5.47. The van der Waals surface area contributed by atoms with Gasteiger partial charge in [0.1, 0.15) is 10.8 Å². The van der Waals surface area contributed by atoms with Crippen molar-refractivity contribution in [2.45, 2.75) is 56.9 Å². The maximum absolute atomic E-state index is 13.0. The van der Waals surface area contributed by atoms with Crippen LogP contribution in [0, 0.1) is 5.92 Å². The van der Waals surface area contributed by atoms with E-state index in [-0.39, 0.29) is 18.2 Å². The quantitative estimate of drug-likeness (QED) is 0.694. The van der Waals surface area contributed by atoms with Gasteiger partial charge in [0.2, 0.25) is 0 Å². The molecule has 0 saturated carbocycles. The smallest absolute Gasteiger partial charge is 0.303 e. The minimum Gasteiger partial charge on any atom is -0.481 e.